The Bertz CT molecular complexity index is 577. The normalized spacial score (nSPS) is 10.3. The molecule has 0 unspecified atom stereocenters. The third-order valence-corrected chi connectivity index (χ3v) is 3.00. The highest BCUT2D eigenvalue weighted by Gasteiger charge is 2.09. The van der Waals surface area contributed by atoms with Crippen molar-refractivity contribution in [2.45, 2.75) is 20.8 Å². The number of carbonyl (C=O) groups is 1. The molecule has 2 N–H and O–H groups in total. The fraction of sp³-hybridized carbons (Fsp3) is 0.286. The monoisotopic (exact) mass is 259 g/mol. The molecule has 0 radical (unpaired) electrons. The molecule has 1 amide bonds. The number of rotatable bonds is 4. The van der Waals surface area contributed by atoms with Gasteiger partial charge in [0.2, 0.25) is 0 Å². The topological polar surface area (TPSA) is 67.0 Å². The summed E-state index contributed by atoms with van der Waals surface area (Å²) >= 11 is 0. The maximum atomic E-state index is 11.7. The van der Waals surface area contributed by atoms with Crippen LogP contribution in [0.5, 0.6) is 5.75 Å². The quantitative estimate of drug-likeness (QED) is 0.885. The maximum absolute atomic E-state index is 11.7. The maximum Gasteiger partial charge on any atom is 0.263 e. The van der Waals surface area contributed by atoms with E-state index in [9.17, 15) is 4.79 Å². The van der Waals surface area contributed by atoms with Crippen molar-refractivity contribution in [3.8, 4) is 5.75 Å². The van der Waals surface area contributed by atoms with Gasteiger partial charge in [0.15, 0.2) is 6.61 Å². The highest BCUT2D eigenvalue weighted by Crippen LogP contribution is 2.25. The Kier molecular flexibility index (Phi) is 3.85. The Morgan fingerprint density at radius 2 is 2.00 bits per heavy atom. The highest BCUT2D eigenvalue weighted by atomic mass is 16.5. The molecule has 5 heteroatoms. The van der Waals surface area contributed by atoms with Gasteiger partial charge in [-0.2, -0.15) is 5.10 Å². The van der Waals surface area contributed by atoms with E-state index in [0.29, 0.717) is 5.82 Å². The lowest BCUT2D eigenvalue weighted by Crippen LogP contribution is -2.21. The Hall–Kier alpha value is -2.30. The Morgan fingerprint density at radius 1 is 1.26 bits per heavy atom. The van der Waals surface area contributed by atoms with Crippen LogP contribution in [0, 0.1) is 20.8 Å². The minimum atomic E-state index is -0.218. The molecular weight excluding hydrogens is 242 g/mol. The molecule has 2 aromatic rings. The predicted octanol–water partition coefficient (Wildman–Crippen LogP) is 2.35. The van der Waals surface area contributed by atoms with Crippen LogP contribution in [0.25, 0.3) is 0 Å². The number of nitrogens with one attached hydrogen (secondary N) is 2. The average Bonchev–Trinajstić information content (AvgIpc) is 2.87. The van der Waals surface area contributed by atoms with Crippen molar-refractivity contribution in [2.75, 3.05) is 11.9 Å². The number of carbonyl (C=O) groups excluding carboxylic acids is 1. The van der Waals surface area contributed by atoms with Gasteiger partial charge in [-0.25, -0.2) is 0 Å². The lowest BCUT2D eigenvalue weighted by Gasteiger charge is -2.13. The van der Waals surface area contributed by atoms with Crippen LogP contribution < -0.4 is 10.1 Å². The largest absolute Gasteiger partial charge is 0.483 e. The number of nitrogens with zero attached hydrogens (tertiary/aromatic N) is 1. The van der Waals surface area contributed by atoms with E-state index in [1.807, 2.05) is 32.9 Å². The van der Waals surface area contributed by atoms with Crippen LogP contribution in [0.4, 0.5) is 5.82 Å². The van der Waals surface area contributed by atoms with Gasteiger partial charge in [-0.3, -0.25) is 9.89 Å². The van der Waals surface area contributed by atoms with E-state index in [-0.39, 0.29) is 12.5 Å². The van der Waals surface area contributed by atoms with Crippen LogP contribution in [0.2, 0.25) is 0 Å². The Morgan fingerprint density at radius 3 is 2.68 bits per heavy atom. The van der Waals surface area contributed by atoms with Crippen molar-refractivity contribution in [1.29, 1.82) is 0 Å². The molecule has 19 heavy (non-hydrogen) atoms. The number of benzene rings is 1. The number of anilines is 1. The minimum absolute atomic E-state index is 0.0237. The van der Waals surface area contributed by atoms with Crippen molar-refractivity contribution in [1.82, 2.24) is 10.2 Å². The molecule has 1 aromatic heterocycles. The first-order valence-corrected chi connectivity index (χ1v) is 6.06. The molecule has 5 nitrogen and oxygen atoms in total. The van der Waals surface area contributed by atoms with Gasteiger partial charge in [0, 0.05) is 6.07 Å². The van der Waals surface area contributed by atoms with E-state index in [1.54, 1.807) is 12.3 Å². The molecule has 0 saturated carbocycles. The highest BCUT2D eigenvalue weighted by molar-refractivity contribution is 5.90. The third kappa shape index (κ3) is 3.13. The molecule has 0 saturated heterocycles. The van der Waals surface area contributed by atoms with Crippen molar-refractivity contribution in [3.05, 3.63) is 41.1 Å². The minimum Gasteiger partial charge on any atom is -0.483 e. The summed E-state index contributed by atoms with van der Waals surface area (Å²) in [6.07, 6.45) is 1.57. The van der Waals surface area contributed by atoms with Gasteiger partial charge in [-0.15, -0.1) is 0 Å². The van der Waals surface area contributed by atoms with Crippen LogP contribution in [0.3, 0.4) is 0 Å². The van der Waals surface area contributed by atoms with E-state index in [2.05, 4.69) is 15.5 Å². The first-order chi connectivity index (χ1) is 9.08. The summed E-state index contributed by atoms with van der Waals surface area (Å²) in [6, 6.07) is 5.72. The SMILES string of the molecule is Cc1ccc(C)c(OCC(=O)Nc2ccn[nH]2)c1C. The van der Waals surface area contributed by atoms with Crippen LogP contribution in [-0.2, 0) is 4.79 Å². The van der Waals surface area contributed by atoms with Gasteiger partial charge in [-0.05, 0) is 37.5 Å². The summed E-state index contributed by atoms with van der Waals surface area (Å²) in [5.41, 5.74) is 3.24. The second kappa shape index (κ2) is 5.56. The fourth-order valence-electron chi connectivity index (χ4n) is 1.80. The smallest absolute Gasteiger partial charge is 0.263 e. The molecule has 0 aliphatic heterocycles. The van der Waals surface area contributed by atoms with Gasteiger partial charge in [-0.1, -0.05) is 12.1 Å². The van der Waals surface area contributed by atoms with Gasteiger partial charge >= 0.3 is 0 Å². The molecule has 1 heterocycles. The summed E-state index contributed by atoms with van der Waals surface area (Å²) in [6.45, 7) is 5.95. The van der Waals surface area contributed by atoms with E-state index in [4.69, 9.17) is 4.74 Å². The first kappa shape index (κ1) is 13.1. The molecule has 0 spiro atoms. The van der Waals surface area contributed by atoms with Crippen LogP contribution in [-0.4, -0.2) is 22.7 Å². The number of hydrogen-bond acceptors (Lipinski definition) is 3. The molecule has 1 aromatic carbocycles. The molecule has 0 aliphatic rings. The predicted molar refractivity (Wildman–Crippen MR) is 73.4 cm³/mol. The van der Waals surface area contributed by atoms with Gasteiger partial charge in [0.1, 0.15) is 11.6 Å². The summed E-state index contributed by atoms with van der Waals surface area (Å²) < 4.78 is 5.61. The number of aromatic amines is 1. The second-order valence-electron chi connectivity index (χ2n) is 4.46. The molecule has 0 fully saturated rings. The average molecular weight is 259 g/mol. The standard InChI is InChI=1S/C14H17N3O2/c1-9-4-5-10(2)14(11(9)3)19-8-13(18)16-12-6-7-15-17-12/h4-7H,8H2,1-3H3,(H2,15,16,17,18). The zero-order valence-electron chi connectivity index (χ0n) is 11.3. The number of hydrogen-bond donors (Lipinski definition) is 2. The first-order valence-electron chi connectivity index (χ1n) is 6.06. The summed E-state index contributed by atoms with van der Waals surface area (Å²) in [7, 11) is 0. The lowest BCUT2D eigenvalue weighted by molar-refractivity contribution is -0.118. The van der Waals surface area contributed by atoms with Crippen molar-refractivity contribution in [3.63, 3.8) is 0 Å². The van der Waals surface area contributed by atoms with Crippen molar-refractivity contribution >= 4 is 11.7 Å². The number of amides is 1. The second-order valence-corrected chi connectivity index (χ2v) is 4.46. The van der Waals surface area contributed by atoms with Crippen molar-refractivity contribution < 1.29 is 9.53 Å². The number of aryl methyl sites for hydroxylation is 2. The lowest BCUT2D eigenvalue weighted by atomic mass is 10.1. The summed E-state index contributed by atoms with van der Waals surface area (Å²) in [5, 5.41) is 9.08. The molecule has 100 valence electrons. The summed E-state index contributed by atoms with van der Waals surface area (Å²) in [5.74, 6) is 1.12. The zero-order valence-corrected chi connectivity index (χ0v) is 11.3. The van der Waals surface area contributed by atoms with E-state index in [0.717, 1.165) is 22.4 Å². The number of ether oxygens (including phenoxy) is 1. The molecule has 0 atom stereocenters. The third-order valence-electron chi connectivity index (χ3n) is 3.00. The van der Waals surface area contributed by atoms with Crippen molar-refractivity contribution in [2.24, 2.45) is 0 Å². The fourth-order valence-corrected chi connectivity index (χ4v) is 1.80. The summed E-state index contributed by atoms with van der Waals surface area (Å²) in [4.78, 5) is 11.7. The molecule has 2 rings (SSSR count). The zero-order chi connectivity index (χ0) is 13.8. The molecular formula is C14H17N3O2. The van der Waals surface area contributed by atoms with Crippen LogP contribution in [0.1, 0.15) is 16.7 Å². The van der Waals surface area contributed by atoms with Gasteiger partial charge in [0.25, 0.3) is 5.91 Å². The molecule has 0 aliphatic carbocycles. The number of H-pyrrole nitrogens is 1. The van der Waals surface area contributed by atoms with E-state index >= 15 is 0 Å². The Balaban J connectivity index is 1.99. The molecule has 0 bridgehead atoms. The van der Waals surface area contributed by atoms with Crippen LogP contribution in [0.15, 0.2) is 24.4 Å². The number of aromatic nitrogens is 2. The van der Waals surface area contributed by atoms with Gasteiger partial charge < -0.3 is 10.1 Å². The van der Waals surface area contributed by atoms with E-state index < -0.39 is 0 Å². The van der Waals surface area contributed by atoms with Gasteiger partial charge in [0.05, 0.1) is 6.20 Å². The Labute approximate surface area is 112 Å². The van der Waals surface area contributed by atoms with E-state index in [1.165, 1.54) is 0 Å². The van der Waals surface area contributed by atoms with Crippen LogP contribution >= 0.6 is 0 Å².